The van der Waals surface area contributed by atoms with E-state index in [2.05, 4.69) is 94.4 Å². The summed E-state index contributed by atoms with van der Waals surface area (Å²) >= 11 is 0. The quantitative estimate of drug-likeness (QED) is 0.306. The lowest BCUT2D eigenvalue weighted by Crippen LogP contribution is -2.41. The van der Waals surface area contributed by atoms with Crippen molar-refractivity contribution in [3.05, 3.63) is 78.4 Å². The van der Waals surface area contributed by atoms with Gasteiger partial charge in [0.2, 0.25) is 0 Å². The van der Waals surface area contributed by atoms with Gasteiger partial charge in [0.25, 0.3) is 0 Å². The Morgan fingerprint density at radius 2 is 1.35 bits per heavy atom. The van der Waals surface area contributed by atoms with Crippen LogP contribution < -0.4 is 5.46 Å². The van der Waals surface area contributed by atoms with Gasteiger partial charge in [0.1, 0.15) is 6.61 Å². The first-order valence-electron chi connectivity index (χ1n) is 10.6. The summed E-state index contributed by atoms with van der Waals surface area (Å²) in [6, 6.07) is 25.2. The topological polar surface area (TPSA) is 36.9 Å². The maximum atomic E-state index is 6.36. The van der Waals surface area contributed by atoms with Gasteiger partial charge in [-0.3, -0.25) is 0 Å². The van der Waals surface area contributed by atoms with E-state index >= 15 is 0 Å². The molecule has 1 aliphatic rings. The zero-order chi connectivity index (χ0) is 22.1. The minimum atomic E-state index is -0.414. The van der Waals surface area contributed by atoms with Gasteiger partial charge in [-0.1, -0.05) is 66.7 Å². The Kier molecular flexibility index (Phi) is 6.04. The van der Waals surface area contributed by atoms with Crippen molar-refractivity contribution in [2.45, 2.75) is 45.5 Å². The Morgan fingerprint density at radius 3 is 1.97 bits per heavy atom. The Bertz CT molecular complexity index is 1010. The summed E-state index contributed by atoms with van der Waals surface area (Å²) in [7, 11) is 1.10. The molecular weight excluding hydrogens is 387 g/mol. The standard InChI is InChI=1S/C26H29BO4/c1-25(2)26(3,4)31-27(30-25)24-16-15-22(17-23(24)21-9-7-6-8-10-21)20-13-11-19(12-14-20)18-29-28-5/h6-17H,18H2,1-5H3. The monoisotopic (exact) mass is 416 g/mol. The molecule has 0 amide bonds. The van der Waals surface area contributed by atoms with Crippen molar-refractivity contribution in [1.29, 1.82) is 0 Å². The van der Waals surface area contributed by atoms with Crippen LogP contribution in [0.3, 0.4) is 0 Å². The summed E-state index contributed by atoms with van der Waals surface area (Å²) < 4.78 is 12.7. The Labute approximate surface area is 185 Å². The van der Waals surface area contributed by atoms with E-state index < -0.39 is 7.12 Å². The third kappa shape index (κ3) is 4.46. The van der Waals surface area contributed by atoms with E-state index in [1.165, 1.54) is 7.11 Å². The van der Waals surface area contributed by atoms with E-state index in [-0.39, 0.29) is 11.2 Å². The third-order valence-electron chi connectivity index (χ3n) is 6.28. The maximum absolute atomic E-state index is 6.36. The van der Waals surface area contributed by atoms with Gasteiger partial charge in [0.05, 0.1) is 18.3 Å². The van der Waals surface area contributed by atoms with Crippen molar-refractivity contribution in [3.8, 4) is 22.3 Å². The van der Waals surface area contributed by atoms with Crippen molar-refractivity contribution in [2.75, 3.05) is 7.11 Å². The Hall–Kier alpha value is -2.44. The largest absolute Gasteiger partial charge is 0.495 e. The lowest BCUT2D eigenvalue weighted by molar-refractivity contribution is -0.282. The first-order chi connectivity index (χ1) is 14.8. The molecule has 0 saturated carbocycles. The molecule has 3 aromatic carbocycles. The fraction of sp³-hybridized carbons (Fsp3) is 0.308. The summed E-state index contributed by atoms with van der Waals surface area (Å²) in [6.45, 7) is 8.75. The molecule has 0 aliphatic carbocycles. The second kappa shape index (κ2) is 8.60. The number of rotatable bonds is 6. The van der Waals surface area contributed by atoms with E-state index in [4.69, 9.17) is 19.1 Å². The summed E-state index contributed by atoms with van der Waals surface area (Å²) in [5.74, 6) is 0. The van der Waals surface area contributed by atoms with Gasteiger partial charge in [0.15, 0.2) is 0 Å². The number of benzene rings is 3. The highest BCUT2D eigenvalue weighted by atomic mass is 17.2. The van der Waals surface area contributed by atoms with Crippen molar-refractivity contribution in [3.63, 3.8) is 0 Å². The SMILES string of the molecule is COOCc1ccc(-c2ccc(B3OC(C)(C)C(C)(C)O3)c(-c3ccccc3)c2)cc1. The van der Waals surface area contributed by atoms with Gasteiger partial charge in [0, 0.05) is 0 Å². The maximum Gasteiger partial charge on any atom is 0.495 e. The molecule has 1 fully saturated rings. The molecule has 0 N–H and O–H groups in total. The van der Waals surface area contributed by atoms with Crippen LogP contribution in [0.2, 0.25) is 0 Å². The molecule has 1 saturated heterocycles. The summed E-state index contributed by atoms with van der Waals surface area (Å²) in [5.41, 5.74) is 5.86. The summed E-state index contributed by atoms with van der Waals surface area (Å²) in [4.78, 5) is 9.71. The van der Waals surface area contributed by atoms with Gasteiger partial charge in [-0.25, -0.2) is 9.78 Å². The van der Waals surface area contributed by atoms with Gasteiger partial charge < -0.3 is 9.31 Å². The molecule has 3 aromatic rings. The predicted octanol–water partition coefficient (Wildman–Crippen LogP) is 5.40. The molecular formula is C26H29BO4. The molecule has 0 bridgehead atoms. The molecule has 1 aliphatic heterocycles. The predicted molar refractivity (Wildman–Crippen MR) is 125 cm³/mol. The van der Waals surface area contributed by atoms with Crippen molar-refractivity contribution < 1.29 is 19.1 Å². The Morgan fingerprint density at radius 1 is 0.742 bits per heavy atom. The third-order valence-corrected chi connectivity index (χ3v) is 6.28. The van der Waals surface area contributed by atoms with Crippen LogP contribution in [0.5, 0.6) is 0 Å². The van der Waals surface area contributed by atoms with Crippen molar-refractivity contribution >= 4 is 12.6 Å². The summed E-state index contributed by atoms with van der Waals surface area (Å²) in [5, 5.41) is 0. The Balaban J connectivity index is 1.73. The molecule has 0 aromatic heterocycles. The molecule has 160 valence electrons. The van der Waals surface area contributed by atoms with E-state index in [1.807, 2.05) is 6.07 Å². The van der Waals surface area contributed by atoms with Gasteiger partial charge in [-0.2, -0.15) is 0 Å². The van der Waals surface area contributed by atoms with E-state index in [1.54, 1.807) is 0 Å². The lowest BCUT2D eigenvalue weighted by Gasteiger charge is -2.32. The highest BCUT2D eigenvalue weighted by Gasteiger charge is 2.52. The molecule has 0 atom stereocenters. The molecule has 31 heavy (non-hydrogen) atoms. The summed E-state index contributed by atoms with van der Waals surface area (Å²) in [6.07, 6.45) is 0. The first-order valence-corrected chi connectivity index (χ1v) is 10.6. The minimum absolute atomic E-state index is 0.385. The molecule has 1 heterocycles. The average Bonchev–Trinajstić information content (AvgIpc) is 2.99. The molecule has 4 rings (SSSR count). The number of hydrogen-bond acceptors (Lipinski definition) is 4. The van der Waals surface area contributed by atoms with Crippen LogP contribution in [0.15, 0.2) is 72.8 Å². The van der Waals surface area contributed by atoms with Crippen LogP contribution in [0.1, 0.15) is 33.3 Å². The molecule has 5 heteroatoms. The second-order valence-corrected chi connectivity index (χ2v) is 8.88. The van der Waals surface area contributed by atoms with Crippen molar-refractivity contribution in [2.24, 2.45) is 0 Å². The normalized spacial score (nSPS) is 17.1. The van der Waals surface area contributed by atoms with E-state index in [0.717, 1.165) is 33.3 Å². The molecule has 4 nitrogen and oxygen atoms in total. The molecule has 0 radical (unpaired) electrons. The van der Waals surface area contributed by atoms with Crippen LogP contribution in [-0.2, 0) is 25.7 Å². The zero-order valence-corrected chi connectivity index (χ0v) is 18.8. The van der Waals surface area contributed by atoms with E-state index in [0.29, 0.717) is 6.61 Å². The molecule has 0 spiro atoms. The fourth-order valence-corrected chi connectivity index (χ4v) is 3.70. The van der Waals surface area contributed by atoms with Gasteiger partial charge in [-0.15, -0.1) is 0 Å². The van der Waals surface area contributed by atoms with Gasteiger partial charge in [-0.05, 0) is 67.0 Å². The van der Waals surface area contributed by atoms with E-state index in [9.17, 15) is 0 Å². The second-order valence-electron chi connectivity index (χ2n) is 8.88. The first kappa shape index (κ1) is 21.8. The van der Waals surface area contributed by atoms with Crippen LogP contribution in [-0.4, -0.2) is 25.4 Å². The fourth-order valence-electron chi connectivity index (χ4n) is 3.70. The zero-order valence-electron chi connectivity index (χ0n) is 18.8. The molecule has 0 unspecified atom stereocenters. The van der Waals surface area contributed by atoms with Crippen LogP contribution in [0.4, 0.5) is 0 Å². The van der Waals surface area contributed by atoms with Crippen LogP contribution in [0, 0.1) is 0 Å². The van der Waals surface area contributed by atoms with Crippen molar-refractivity contribution in [1.82, 2.24) is 0 Å². The highest BCUT2D eigenvalue weighted by molar-refractivity contribution is 6.64. The number of hydrogen-bond donors (Lipinski definition) is 0. The lowest BCUT2D eigenvalue weighted by atomic mass is 9.73. The minimum Gasteiger partial charge on any atom is -0.399 e. The van der Waals surface area contributed by atoms with Gasteiger partial charge >= 0.3 is 7.12 Å². The smallest absolute Gasteiger partial charge is 0.399 e. The average molecular weight is 416 g/mol. The highest BCUT2D eigenvalue weighted by Crippen LogP contribution is 2.38. The van der Waals surface area contributed by atoms with Crippen LogP contribution in [0.25, 0.3) is 22.3 Å². The van der Waals surface area contributed by atoms with Crippen LogP contribution >= 0.6 is 0 Å².